The molecule has 1 fully saturated rings. The number of para-hydroxylation sites is 1. The molecule has 0 bridgehead atoms. The highest BCUT2D eigenvalue weighted by Crippen LogP contribution is 2.37. The lowest BCUT2D eigenvalue weighted by Crippen LogP contribution is -2.34. The predicted octanol–water partition coefficient (Wildman–Crippen LogP) is 2.62. The number of carbonyl (C=O) groups is 1. The zero-order chi connectivity index (χ0) is 14.9. The third-order valence-electron chi connectivity index (χ3n) is 3.33. The van der Waals surface area contributed by atoms with Crippen LogP contribution < -0.4 is 11.3 Å². The van der Waals surface area contributed by atoms with Gasteiger partial charge < -0.3 is 10.3 Å². The van der Waals surface area contributed by atoms with Gasteiger partial charge in [0, 0.05) is 12.6 Å². The zero-order valence-electron chi connectivity index (χ0n) is 11.0. The number of hydrogen-bond acceptors (Lipinski definition) is 3. The number of amides is 1. The average Bonchev–Trinajstić information content (AvgIpc) is 3.22. The van der Waals surface area contributed by atoms with Crippen LogP contribution in [0.5, 0.6) is 0 Å². The molecule has 2 rings (SSSR count). The van der Waals surface area contributed by atoms with Crippen molar-refractivity contribution in [1.82, 2.24) is 4.90 Å². The first-order valence-corrected chi connectivity index (χ1v) is 6.38. The molecular weight excluding hydrogens is 271 g/mol. The van der Waals surface area contributed by atoms with Crippen LogP contribution in [0.4, 0.5) is 18.9 Å². The van der Waals surface area contributed by atoms with Crippen LogP contribution in [0.3, 0.4) is 0 Å². The fraction of sp³-hybridized carbons (Fsp3) is 0.462. The topological polar surface area (TPSA) is 58.4 Å². The van der Waals surface area contributed by atoms with Gasteiger partial charge in [-0.25, -0.2) is 0 Å². The maximum atomic E-state index is 12.9. The van der Waals surface area contributed by atoms with Gasteiger partial charge in [-0.15, -0.1) is 0 Å². The largest absolute Gasteiger partial charge is 0.418 e. The lowest BCUT2D eigenvalue weighted by atomic mass is 10.1. The number of alkyl halides is 3. The number of halogens is 3. The highest BCUT2D eigenvalue weighted by molar-refractivity contribution is 6.00. The molecule has 1 aromatic rings. The fourth-order valence-corrected chi connectivity index (χ4v) is 2.23. The van der Waals surface area contributed by atoms with Crippen LogP contribution in [0.25, 0.3) is 0 Å². The highest BCUT2D eigenvalue weighted by Gasteiger charge is 2.37. The van der Waals surface area contributed by atoms with Crippen LogP contribution in [0, 0.1) is 0 Å². The zero-order valence-corrected chi connectivity index (χ0v) is 11.0. The lowest BCUT2D eigenvalue weighted by molar-refractivity contribution is -0.137. The lowest BCUT2D eigenvalue weighted by Gasteiger charge is -2.23. The number of nitrogen functional groups attached to an aromatic ring is 1. The van der Waals surface area contributed by atoms with E-state index in [9.17, 15) is 18.0 Å². The minimum Gasteiger partial charge on any atom is -0.336 e. The molecule has 3 N–H and O–H groups in total. The second kappa shape index (κ2) is 5.32. The van der Waals surface area contributed by atoms with Crippen molar-refractivity contribution in [1.29, 1.82) is 0 Å². The quantitative estimate of drug-likeness (QED) is 0.661. The minimum atomic E-state index is -4.56. The van der Waals surface area contributed by atoms with Gasteiger partial charge in [0.15, 0.2) is 0 Å². The van der Waals surface area contributed by atoms with E-state index < -0.39 is 17.6 Å². The monoisotopic (exact) mass is 287 g/mol. The molecule has 7 heteroatoms. The molecule has 1 aliphatic rings. The van der Waals surface area contributed by atoms with Gasteiger partial charge in [0.1, 0.15) is 0 Å². The van der Waals surface area contributed by atoms with Crippen LogP contribution in [0.2, 0.25) is 0 Å². The van der Waals surface area contributed by atoms with E-state index >= 15 is 0 Å². The maximum absolute atomic E-state index is 12.9. The Hall–Kier alpha value is -1.76. The summed E-state index contributed by atoms with van der Waals surface area (Å²) < 4.78 is 38.7. The number of nitrogens with one attached hydrogen (secondary N) is 1. The first-order chi connectivity index (χ1) is 9.40. The SMILES string of the molecule is CCN(C(=O)c1cccc(C(F)(F)F)c1NN)C1CC1. The number of nitrogens with two attached hydrogens (primary N) is 1. The Morgan fingerprint density at radius 1 is 1.45 bits per heavy atom. The van der Waals surface area contributed by atoms with Gasteiger partial charge >= 0.3 is 6.18 Å². The van der Waals surface area contributed by atoms with Crippen LogP contribution in [0.1, 0.15) is 35.7 Å². The number of rotatable bonds is 4. The minimum absolute atomic E-state index is 0.0453. The Morgan fingerprint density at radius 2 is 2.10 bits per heavy atom. The first kappa shape index (κ1) is 14.6. The van der Waals surface area contributed by atoms with E-state index in [2.05, 4.69) is 0 Å². The van der Waals surface area contributed by atoms with Crippen molar-refractivity contribution in [3.05, 3.63) is 29.3 Å². The normalized spacial score (nSPS) is 15.1. The number of hydrazine groups is 1. The van der Waals surface area contributed by atoms with E-state index in [1.807, 2.05) is 5.43 Å². The van der Waals surface area contributed by atoms with E-state index in [1.165, 1.54) is 12.1 Å². The molecule has 1 aliphatic carbocycles. The van der Waals surface area contributed by atoms with E-state index in [1.54, 1.807) is 11.8 Å². The summed E-state index contributed by atoms with van der Waals surface area (Å²) >= 11 is 0. The van der Waals surface area contributed by atoms with E-state index in [4.69, 9.17) is 5.84 Å². The number of benzene rings is 1. The third-order valence-corrected chi connectivity index (χ3v) is 3.33. The van der Waals surface area contributed by atoms with Gasteiger partial charge in [0.05, 0.1) is 16.8 Å². The molecule has 20 heavy (non-hydrogen) atoms. The van der Waals surface area contributed by atoms with E-state index in [-0.39, 0.29) is 17.3 Å². The predicted molar refractivity (Wildman–Crippen MR) is 69.0 cm³/mol. The first-order valence-electron chi connectivity index (χ1n) is 6.38. The molecular formula is C13H16F3N3O. The van der Waals surface area contributed by atoms with Crippen molar-refractivity contribution in [3.8, 4) is 0 Å². The van der Waals surface area contributed by atoms with Crippen LogP contribution in [0.15, 0.2) is 18.2 Å². The van der Waals surface area contributed by atoms with Crippen LogP contribution in [-0.2, 0) is 6.18 Å². The number of hydrogen-bond donors (Lipinski definition) is 2. The third kappa shape index (κ3) is 2.72. The van der Waals surface area contributed by atoms with Crippen molar-refractivity contribution in [3.63, 3.8) is 0 Å². The van der Waals surface area contributed by atoms with Crippen molar-refractivity contribution in [2.45, 2.75) is 32.0 Å². The van der Waals surface area contributed by atoms with Gasteiger partial charge in [-0.2, -0.15) is 13.2 Å². The summed E-state index contributed by atoms with van der Waals surface area (Å²) in [5.41, 5.74) is 0.673. The molecule has 0 aliphatic heterocycles. The molecule has 1 saturated carbocycles. The van der Waals surface area contributed by atoms with Gasteiger partial charge in [-0.3, -0.25) is 10.6 Å². The average molecular weight is 287 g/mol. The summed E-state index contributed by atoms with van der Waals surface area (Å²) in [4.78, 5) is 14.0. The molecule has 0 aromatic heterocycles. The Labute approximate surface area is 114 Å². The smallest absolute Gasteiger partial charge is 0.336 e. The second-order valence-electron chi connectivity index (χ2n) is 4.69. The molecule has 1 amide bonds. The Balaban J connectivity index is 2.43. The molecule has 0 heterocycles. The van der Waals surface area contributed by atoms with Gasteiger partial charge in [0.25, 0.3) is 5.91 Å². The van der Waals surface area contributed by atoms with Crippen molar-refractivity contribution in [2.24, 2.45) is 5.84 Å². The second-order valence-corrected chi connectivity index (χ2v) is 4.69. The summed E-state index contributed by atoms with van der Waals surface area (Å²) in [5.74, 6) is 4.78. The summed E-state index contributed by atoms with van der Waals surface area (Å²) in [7, 11) is 0. The fourth-order valence-electron chi connectivity index (χ4n) is 2.23. The van der Waals surface area contributed by atoms with Crippen molar-refractivity contribution >= 4 is 11.6 Å². The van der Waals surface area contributed by atoms with Crippen molar-refractivity contribution in [2.75, 3.05) is 12.0 Å². The van der Waals surface area contributed by atoms with Gasteiger partial charge in [0.2, 0.25) is 0 Å². The summed E-state index contributed by atoms with van der Waals surface area (Å²) in [6.07, 6.45) is -2.78. The van der Waals surface area contributed by atoms with Crippen LogP contribution in [-0.4, -0.2) is 23.4 Å². The molecule has 0 unspecified atom stereocenters. The molecule has 0 spiro atoms. The number of nitrogens with zero attached hydrogens (tertiary/aromatic N) is 1. The summed E-state index contributed by atoms with van der Waals surface area (Å²) in [5, 5.41) is 0. The molecule has 0 atom stereocenters. The van der Waals surface area contributed by atoms with Gasteiger partial charge in [-0.1, -0.05) is 6.07 Å². The van der Waals surface area contributed by atoms with Gasteiger partial charge in [-0.05, 0) is 31.9 Å². The Bertz CT molecular complexity index is 512. The van der Waals surface area contributed by atoms with E-state index in [0.717, 1.165) is 18.9 Å². The molecule has 0 saturated heterocycles. The standard InChI is InChI=1S/C13H16F3N3O/c1-2-19(8-6-7-8)12(20)9-4-3-5-10(11(9)18-17)13(14,15)16/h3-5,8,18H,2,6-7,17H2,1H3. The molecule has 110 valence electrons. The van der Waals surface area contributed by atoms with Crippen LogP contribution >= 0.6 is 0 Å². The molecule has 0 radical (unpaired) electrons. The van der Waals surface area contributed by atoms with Crippen molar-refractivity contribution < 1.29 is 18.0 Å². The maximum Gasteiger partial charge on any atom is 0.418 e. The Kier molecular flexibility index (Phi) is 3.89. The van der Waals surface area contributed by atoms with E-state index in [0.29, 0.717) is 6.54 Å². The molecule has 4 nitrogen and oxygen atoms in total. The summed E-state index contributed by atoms with van der Waals surface area (Å²) in [6.45, 7) is 2.27. The highest BCUT2D eigenvalue weighted by atomic mass is 19.4. The molecule has 1 aromatic carbocycles. The number of carbonyl (C=O) groups excluding carboxylic acids is 1. The Morgan fingerprint density at radius 3 is 2.55 bits per heavy atom. The number of anilines is 1. The summed E-state index contributed by atoms with van der Waals surface area (Å²) in [6, 6.07) is 3.61.